The van der Waals surface area contributed by atoms with Gasteiger partial charge in [0.2, 0.25) is 5.91 Å². The van der Waals surface area contributed by atoms with Gasteiger partial charge in [0, 0.05) is 18.3 Å². The van der Waals surface area contributed by atoms with Crippen LogP contribution in [-0.4, -0.2) is 21.6 Å². The van der Waals surface area contributed by atoms with Gasteiger partial charge < -0.3 is 10.6 Å². The van der Waals surface area contributed by atoms with Crippen LogP contribution in [0.4, 0.5) is 11.4 Å². The Morgan fingerprint density at radius 3 is 2.38 bits per heavy atom. The average Bonchev–Trinajstić information content (AvgIpc) is 2.99. The van der Waals surface area contributed by atoms with Crippen LogP contribution >= 0.6 is 0 Å². The Hall–Kier alpha value is -3.41. The van der Waals surface area contributed by atoms with E-state index in [0.717, 1.165) is 22.6 Å². The van der Waals surface area contributed by atoms with E-state index in [1.54, 1.807) is 23.0 Å². The maximum atomic E-state index is 12.6. The van der Waals surface area contributed by atoms with Gasteiger partial charge in [0.05, 0.1) is 23.1 Å². The Balaban J connectivity index is 1.80. The average molecular weight is 348 g/mol. The minimum absolute atomic E-state index is 0.131. The lowest BCUT2D eigenvalue weighted by molar-refractivity contribution is -0.114. The van der Waals surface area contributed by atoms with Crippen LogP contribution < -0.4 is 10.6 Å². The molecular formula is C20H20N4O2. The topological polar surface area (TPSA) is 76.0 Å². The van der Waals surface area contributed by atoms with Gasteiger partial charge in [-0.2, -0.15) is 5.10 Å². The minimum atomic E-state index is -0.226. The van der Waals surface area contributed by atoms with Crippen LogP contribution in [0.25, 0.3) is 5.69 Å². The Morgan fingerprint density at radius 2 is 1.73 bits per heavy atom. The number of hydrogen-bond donors (Lipinski definition) is 2. The maximum absolute atomic E-state index is 12.6. The molecule has 1 heterocycles. The molecule has 132 valence electrons. The number of carbonyl (C=O) groups is 2. The standard InChI is InChI=1S/C20H20N4O2/c1-13-11-16(9-10-19(13)22-15(3)25)23-20(26)18-12-21-24(14(18)2)17-7-5-4-6-8-17/h4-12H,1-3H3,(H,22,25)(H,23,26). The van der Waals surface area contributed by atoms with Crippen LogP contribution in [0.2, 0.25) is 0 Å². The van der Waals surface area contributed by atoms with Gasteiger partial charge in [0.15, 0.2) is 0 Å². The van der Waals surface area contributed by atoms with Gasteiger partial charge in [-0.25, -0.2) is 4.68 Å². The second-order valence-corrected chi connectivity index (χ2v) is 6.06. The van der Waals surface area contributed by atoms with Crippen molar-refractivity contribution in [2.75, 3.05) is 10.6 Å². The van der Waals surface area contributed by atoms with E-state index in [1.165, 1.54) is 6.92 Å². The lowest BCUT2D eigenvalue weighted by atomic mass is 10.1. The molecule has 26 heavy (non-hydrogen) atoms. The predicted octanol–water partition coefficient (Wildman–Crippen LogP) is 3.70. The lowest BCUT2D eigenvalue weighted by Crippen LogP contribution is -2.14. The van der Waals surface area contributed by atoms with Crippen molar-refractivity contribution in [3.8, 4) is 5.69 Å². The number of anilines is 2. The largest absolute Gasteiger partial charge is 0.326 e. The first-order chi connectivity index (χ1) is 12.5. The summed E-state index contributed by atoms with van der Waals surface area (Å²) < 4.78 is 1.74. The zero-order valence-electron chi connectivity index (χ0n) is 14.9. The molecule has 0 aliphatic heterocycles. The first-order valence-corrected chi connectivity index (χ1v) is 8.25. The summed E-state index contributed by atoms with van der Waals surface area (Å²) in [5.41, 5.74) is 4.43. The Labute approximate surface area is 151 Å². The molecule has 3 rings (SSSR count). The molecule has 2 aromatic carbocycles. The van der Waals surface area contributed by atoms with Gasteiger partial charge in [0.25, 0.3) is 5.91 Å². The third kappa shape index (κ3) is 3.64. The molecule has 2 amide bonds. The lowest BCUT2D eigenvalue weighted by Gasteiger charge is -2.10. The number of rotatable bonds is 4. The summed E-state index contributed by atoms with van der Waals surface area (Å²) in [6.07, 6.45) is 1.57. The number of aromatic nitrogens is 2. The molecule has 0 saturated heterocycles. The van der Waals surface area contributed by atoms with E-state index in [0.29, 0.717) is 11.3 Å². The van der Waals surface area contributed by atoms with Crippen molar-refractivity contribution in [2.45, 2.75) is 20.8 Å². The third-order valence-corrected chi connectivity index (χ3v) is 4.05. The maximum Gasteiger partial charge on any atom is 0.259 e. The molecule has 0 saturated carbocycles. The monoisotopic (exact) mass is 348 g/mol. The van der Waals surface area contributed by atoms with Crippen molar-refractivity contribution >= 4 is 23.2 Å². The zero-order valence-corrected chi connectivity index (χ0v) is 14.9. The van der Waals surface area contributed by atoms with Crippen molar-refractivity contribution < 1.29 is 9.59 Å². The molecule has 0 radical (unpaired) electrons. The highest BCUT2D eigenvalue weighted by atomic mass is 16.2. The summed E-state index contributed by atoms with van der Waals surface area (Å²) in [5.74, 6) is -0.356. The number of aryl methyl sites for hydroxylation is 1. The summed E-state index contributed by atoms with van der Waals surface area (Å²) in [5, 5.41) is 9.95. The molecule has 0 fully saturated rings. The molecule has 0 atom stereocenters. The van der Waals surface area contributed by atoms with Crippen molar-refractivity contribution in [2.24, 2.45) is 0 Å². The number of carbonyl (C=O) groups excluding carboxylic acids is 2. The van der Waals surface area contributed by atoms with Crippen LogP contribution in [0.15, 0.2) is 54.7 Å². The molecule has 0 bridgehead atoms. The molecule has 2 N–H and O–H groups in total. The van der Waals surface area contributed by atoms with E-state index >= 15 is 0 Å². The van der Waals surface area contributed by atoms with E-state index in [-0.39, 0.29) is 11.8 Å². The minimum Gasteiger partial charge on any atom is -0.326 e. The Morgan fingerprint density at radius 1 is 1.00 bits per heavy atom. The Bertz CT molecular complexity index is 961. The highest BCUT2D eigenvalue weighted by molar-refractivity contribution is 6.05. The SMILES string of the molecule is CC(=O)Nc1ccc(NC(=O)c2cnn(-c3ccccc3)c2C)cc1C. The molecule has 6 nitrogen and oxygen atoms in total. The highest BCUT2D eigenvalue weighted by Gasteiger charge is 2.15. The first kappa shape index (κ1) is 17.4. The first-order valence-electron chi connectivity index (χ1n) is 8.25. The highest BCUT2D eigenvalue weighted by Crippen LogP contribution is 2.21. The van der Waals surface area contributed by atoms with Gasteiger partial charge in [0.1, 0.15) is 0 Å². The molecule has 0 spiro atoms. The van der Waals surface area contributed by atoms with Gasteiger partial charge >= 0.3 is 0 Å². The molecule has 0 aliphatic carbocycles. The summed E-state index contributed by atoms with van der Waals surface area (Å²) in [6, 6.07) is 15.0. The quantitative estimate of drug-likeness (QED) is 0.755. The summed E-state index contributed by atoms with van der Waals surface area (Å²) >= 11 is 0. The van der Waals surface area contributed by atoms with Crippen LogP contribution in [0.3, 0.4) is 0 Å². The van der Waals surface area contributed by atoms with Gasteiger partial charge in [-0.15, -0.1) is 0 Å². The van der Waals surface area contributed by atoms with E-state index in [2.05, 4.69) is 15.7 Å². The van der Waals surface area contributed by atoms with Crippen LogP contribution in [-0.2, 0) is 4.79 Å². The Kier molecular flexibility index (Phi) is 4.84. The fourth-order valence-electron chi connectivity index (χ4n) is 2.73. The molecule has 0 unspecified atom stereocenters. The second-order valence-electron chi connectivity index (χ2n) is 6.06. The third-order valence-electron chi connectivity index (χ3n) is 4.05. The molecular weight excluding hydrogens is 328 g/mol. The number of nitrogens with zero attached hydrogens (tertiary/aromatic N) is 2. The molecule has 3 aromatic rings. The van der Waals surface area contributed by atoms with E-state index in [1.807, 2.05) is 50.2 Å². The van der Waals surface area contributed by atoms with E-state index < -0.39 is 0 Å². The summed E-state index contributed by atoms with van der Waals surface area (Å²) in [4.78, 5) is 23.8. The van der Waals surface area contributed by atoms with Gasteiger partial charge in [-0.3, -0.25) is 9.59 Å². The van der Waals surface area contributed by atoms with Crippen molar-refractivity contribution in [1.29, 1.82) is 0 Å². The number of nitrogens with one attached hydrogen (secondary N) is 2. The summed E-state index contributed by atoms with van der Waals surface area (Å²) in [7, 11) is 0. The predicted molar refractivity (Wildman–Crippen MR) is 102 cm³/mol. The number of benzene rings is 2. The normalized spacial score (nSPS) is 10.4. The van der Waals surface area contributed by atoms with Gasteiger partial charge in [-0.1, -0.05) is 18.2 Å². The van der Waals surface area contributed by atoms with E-state index in [9.17, 15) is 9.59 Å². The molecule has 0 aliphatic rings. The van der Waals surface area contributed by atoms with E-state index in [4.69, 9.17) is 0 Å². The molecule has 6 heteroatoms. The second kappa shape index (κ2) is 7.23. The number of amides is 2. The van der Waals surface area contributed by atoms with Crippen molar-refractivity contribution in [3.63, 3.8) is 0 Å². The van der Waals surface area contributed by atoms with Crippen LogP contribution in [0.1, 0.15) is 28.5 Å². The fourth-order valence-corrected chi connectivity index (χ4v) is 2.73. The zero-order chi connectivity index (χ0) is 18.7. The van der Waals surface area contributed by atoms with Gasteiger partial charge in [-0.05, 0) is 49.7 Å². The summed E-state index contributed by atoms with van der Waals surface area (Å²) in [6.45, 7) is 5.20. The number of para-hydroxylation sites is 1. The van der Waals surface area contributed by atoms with Crippen molar-refractivity contribution in [3.05, 3.63) is 71.5 Å². The van der Waals surface area contributed by atoms with Crippen LogP contribution in [0.5, 0.6) is 0 Å². The van der Waals surface area contributed by atoms with Crippen molar-refractivity contribution in [1.82, 2.24) is 9.78 Å². The van der Waals surface area contributed by atoms with Crippen LogP contribution in [0, 0.1) is 13.8 Å². The number of hydrogen-bond acceptors (Lipinski definition) is 3. The molecule has 1 aromatic heterocycles. The smallest absolute Gasteiger partial charge is 0.259 e. The fraction of sp³-hybridized carbons (Fsp3) is 0.150.